The highest BCUT2D eigenvalue weighted by Gasteiger charge is 2.40. The number of carbonyl (C=O) groups is 1. The number of hydrogen-bond donors (Lipinski definition) is 2. The van der Waals surface area contributed by atoms with Gasteiger partial charge in [0.25, 0.3) is 0 Å². The predicted octanol–water partition coefficient (Wildman–Crippen LogP) is 4.91. The normalized spacial score (nSPS) is 23.0. The third kappa shape index (κ3) is 3.98. The zero-order chi connectivity index (χ0) is 19.7. The highest BCUT2D eigenvalue weighted by atomic mass is 16.4. The fraction of sp³-hybridized carbons (Fsp3) is 0.455. The number of hydrogen-bond acceptors (Lipinski definition) is 3. The molecule has 5 heteroatoms. The zero-order valence-corrected chi connectivity index (χ0v) is 16.2. The molecule has 1 aromatic carbocycles. The molecule has 1 heterocycles. The molecule has 144 valence electrons. The summed E-state index contributed by atoms with van der Waals surface area (Å²) in [5.74, 6) is 0.753. The molecule has 2 N–H and O–H groups in total. The minimum Gasteiger partial charge on any atom is -0.465 e. The number of amides is 1. The molecule has 1 aliphatic carbocycles. The Kier molecular flexibility index (Phi) is 5.24. The number of rotatable bonds is 3. The maximum absolute atomic E-state index is 11.9. The van der Waals surface area contributed by atoms with Crippen molar-refractivity contribution in [2.24, 2.45) is 0 Å². The van der Waals surface area contributed by atoms with E-state index in [0.717, 1.165) is 12.8 Å². The smallest absolute Gasteiger partial charge is 0.413 e. The highest BCUT2D eigenvalue weighted by molar-refractivity contribution is 5.87. The predicted molar refractivity (Wildman–Crippen MR) is 106 cm³/mol. The Morgan fingerprint density at radius 3 is 2.30 bits per heavy atom. The zero-order valence-electron chi connectivity index (χ0n) is 16.2. The average Bonchev–Trinajstić information content (AvgIpc) is 2.62. The van der Waals surface area contributed by atoms with Crippen LogP contribution in [0.15, 0.2) is 48.7 Å². The molecule has 1 amide bonds. The van der Waals surface area contributed by atoms with Crippen LogP contribution in [0.25, 0.3) is 0 Å². The fourth-order valence-electron chi connectivity index (χ4n) is 4.06. The Hall–Kier alpha value is -2.40. The van der Waals surface area contributed by atoms with Gasteiger partial charge in [-0.25, -0.2) is 9.78 Å². The van der Waals surface area contributed by atoms with Gasteiger partial charge in [-0.15, -0.1) is 0 Å². The number of benzene rings is 1. The summed E-state index contributed by atoms with van der Waals surface area (Å²) >= 11 is 0. The molecule has 1 aliphatic rings. The molecule has 1 saturated carbocycles. The van der Waals surface area contributed by atoms with E-state index in [-0.39, 0.29) is 0 Å². The van der Waals surface area contributed by atoms with Crippen molar-refractivity contribution in [3.8, 4) is 0 Å². The van der Waals surface area contributed by atoms with E-state index in [1.807, 2.05) is 45.0 Å². The molecule has 1 aromatic heterocycles. The first-order chi connectivity index (χ1) is 12.7. The van der Waals surface area contributed by atoms with Crippen LogP contribution >= 0.6 is 0 Å². The summed E-state index contributed by atoms with van der Waals surface area (Å²) in [6.07, 6.45) is 3.41. The molecule has 5 nitrogen and oxygen atoms in total. The second kappa shape index (κ2) is 7.31. The minimum atomic E-state index is -1.07. The maximum atomic E-state index is 11.9. The monoisotopic (exact) mass is 368 g/mol. The lowest BCUT2D eigenvalue weighted by Gasteiger charge is -2.40. The van der Waals surface area contributed by atoms with Crippen LogP contribution in [-0.2, 0) is 5.60 Å². The largest absolute Gasteiger partial charge is 0.465 e. The lowest BCUT2D eigenvalue weighted by molar-refractivity contribution is -0.00556. The van der Waals surface area contributed by atoms with Crippen molar-refractivity contribution in [2.45, 2.75) is 63.5 Å². The number of aliphatic hydroxyl groups is 1. The minimum absolute atomic E-state index is 0.332. The van der Waals surface area contributed by atoms with Crippen molar-refractivity contribution in [3.63, 3.8) is 0 Å². The van der Waals surface area contributed by atoms with Gasteiger partial charge in [0.05, 0.1) is 5.60 Å². The van der Waals surface area contributed by atoms with E-state index in [9.17, 15) is 15.0 Å². The molecule has 1 fully saturated rings. The second-order valence-corrected chi connectivity index (χ2v) is 8.38. The van der Waals surface area contributed by atoms with Crippen molar-refractivity contribution < 1.29 is 15.0 Å². The van der Waals surface area contributed by atoms with E-state index in [1.54, 1.807) is 12.3 Å². The molecule has 0 bridgehead atoms. The van der Waals surface area contributed by atoms with Gasteiger partial charge in [-0.3, -0.25) is 4.90 Å². The van der Waals surface area contributed by atoms with Gasteiger partial charge in [0.15, 0.2) is 0 Å². The molecule has 0 atom stereocenters. The Balaban J connectivity index is 1.90. The van der Waals surface area contributed by atoms with Crippen LogP contribution in [-0.4, -0.2) is 26.8 Å². The van der Waals surface area contributed by atoms with Gasteiger partial charge in [0.2, 0.25) is 0 Å². The van der Waals surface area contributed by atoms with Crippen molar-refractivity contribution in [3.05, 3.63) is 59.8 Å². The standard InChI is InChI=1S/C22H28N2O3/c1-21(2,3)24(20(25)26)19-18(10-7-15-23-19)22(27)13-11-17(12-14-22)16-8-5-4-6-9-16/h4-10,15,17,27H,11-14H2,1-3H3,(H,25,26). The molecule has 0 spiro atoms. The van der Waals surface area contributed by atoms with E-state index in [1.165, 1.54) is 10.5 Å². The van der Waals surface area contributed by atoms with Crippen LogP contribution in [0.4, 0.5) is 10.6 Å². The van der Waals surface area contributed by atoms with Gasteiger partial charge in [-0.1, -0.05) is 36.4 Å². The molecule has 0 saturated heterocycles. The van der Waals surface area contributed by atoms with Crippen LogP contribution in [0.2, 0.25) is 0 Å². The third-order valence-electron chi connectivity index (χ3n) is 5.45. The van der Waals surface area contributed by atoms with Crippen LogP contribution in [0.1, 0.15) is 63.5 Å². The molecular weight excluding hydrogens is 340 g/mol. The first kappa shape index (κ1) is 19.4. The molecule has 3 rings (SSSR count). The lowest BCUT2D eigenvalue weighted by Crippen LogP contribution is -2.47. The average molecular weight is 368 g/mol. The number of aromatic nitrogens is 1. The maximum Gasteiger partial charge on any atom is 0.413 e. The van der Waals surface area contributed by atoms with Crippen LogP contribution in [0.5, 0.6) is 0 Å². The SMILES string of the molecule is CC(C)(C)N(C(=O)O)c1ncccc1C1(O)CCC(c2ccccc2)CC1. The first-order valence-electron chi connectivity index (χ1n) is 9.48. The second-order valence-electron chi connectivity index (χ2n) is 8.38. The Morgan fingerprint density at radius 1 is 1.11 bits per heavy atom. The summed E-state index contributed by atoms with van der Waals surface area (Å²) in [5.41, 5.74) is 0.182. The summed E-state index contributed by atoms with van der Waals surface area (Å²) in [4.78, 5) is 17.5. The molecule has 2 aromatic rings. The van der Waals surface area contributed by atoms with E-state index >= 15 is 0 Å². The number of nitrogens with zero attached hydrogens (tertiary/aromatic N) is 2. The Bertz CT molecular complexity index is 791. The van der Waals surface area contributed by atoms with Gasteiger partial charge in [-0.2, -0.15) is 0 Å². The van der Waals surface area contributed by atoms with Crippen LogP contribution in [0, 0.1) is 0 Å². The molecular formula is C22H28N2O3. The van der Waals surface area contributed by atoms with E-state index in [4.69, 9.17) is 0 Å². The summed E-state index contributed by atoms with van der Waals surface area (Å²) in [6, 6.07) is 14.0. The topological polar surface area (TPSA) is 73.7 Å². The highest BCUT2D eigenvalue weighted by Crippen LogP contribution is 2.46. The number of pyridine rings is 1. The molecule has 0 radical (unpaired) electrons. The molecule has 0 unspecified atom stereocenters. The quantitative estimate of drug-likeness (QED) is 0.807. The summed E-state index contributed by atoms with van der Waals surface area (Å²) in [6.45, 7) is 5.49. The summed E-state index contributed by atoms with van der Waals surface area (Å²) < 4.78 is 0. The van der Waals surface area contributed by atoms with Gasteiger partial charge >= 0.3 is 6.09 Å². The molecule has 27 heavy (non-hydrogen) atoms. The van der Waals surface area contributed by atoms with Crippen molar-refractivity contribution >= 4 is 11.9 Å². The number of anilines is 1. The van der Waals surface area contributed by atoms with E-state index in [2.05, 4.69) is 17.1 Å². The summed E-state index contributed by atoms with van der Waals surface area (Å²) in [7, 11) is 0. The van der Waals surface area contributed by atoms with Gasteiger partial charge < -0.3 is 10.2 Å². The Labute approximate surface area is 160 Å². The number of carboxylic acid groups (broad SMARTS) is 1. The van der Waals surface area contributed by atoms with Crippen molar-refractivity contribution in [1.82, 2.24) is 4.98 Å². The first-order valence-corrected chi connectivity index (χ1v) is 9.48. The fourth-order valence-corrected chi connectivity index (χ4v) is 4.06. The lowest BCUT2D eigenvalue weighted by atomic mass is 9.73. The third-order valence-corrected chi connectivity index (χ3v) is 5.45. The van der Waals surface area contributed by atoms with Crippen LogP contribution in [0.3, 0.4) is 0 Å². The van der Waals surface area contributed by atoms with Crippen molar-refractivity contribution in [1.29, 1.82) is 0 Å². The van der Waals surface area contributed by atoms with Crippen molar-refractivity contribution in [2.75, 3.05) is 4.90 Å². The Morgan fingerprint density at radius 2 is 1.74 bits per heavy atom. The van der Waals surface area contributed by atoms with Crippen LogP contribution < -0.4 is 4.90 Å². The van der Waals surface area contributed by atoms with Gasteiger partial charge in [0.1, 0.15) is 5.82 Å². The van der Waals surface area contributed by atoms with E-state index < -0.39 is 17.2 Å². The van der Waals surface area contributed by atoms with Gasteiger partial charge in [0, 0.05) is 17.3 Å². The van der Waals surface area contributed by atoms with E-state index in [0.29, 0.717) is 30.1 Å². The van der Waals surface area contributed by atoms with Gasteiger partial charge in [-0.05, 0) is 64.0 Å². The summed E-state index contributed by atoms with van der Waals surface area (Å²) in [5, 5.41) is 21.2. The molecule has 0 aliphatic heterocycles.